The predicted molar refractivity (Wildman–Crippen MR) is 86.1 cm³/mol. The Morgan fingerprint density at radius 1 is 1.19 bits per heavy atom. The van der Waals surface area contributed by atoms with E-state index in [1.165, 1.54) is 63.7 Å². The van der Waals surface area contributed by atoms with Gasteiger partial charge in [-0.3, -0.25) is 4.90 Å². The van der Waals surface area contributed by atoms with Crippen molar-refractivity contribution in [1.29, 1.82) is 0 Å². The first-order valence-corrected chi connectivity index (χ1v) is 8.73. The minimum Gasteiger partial charge on any atom is -0.337 e. The first-order valence-electron chi connectivity index (χ1n) is 8.73. The molecule has 1 N–H and O–H groups in total. The molecule has 2 aliphatic rings. The fourth-order valence-corrected chi connectivity index (χ4v) is 3.99. The van der Waals surface area contributed by atoms with Gasteiger partial charge in [0, 0.05) is 38.9 Å². The van der Waals surface area contributed by atoms with Gasteiger partial charge < -0.3 is 9.88 Å². The van der Waals surface area contributed by atoms with Crippen LogP contribution in [-0.4, -0.2) is 40.1 Å². The van der Waals surface area contributed by atoms with Crippen molar-refractivity contribution < 1.29 is 0 Å². The van der Waals surface area contributed by atoms with Gasteiger partial charge in [0.05, 0.1) is 12.0 Å². The number of nitrogens with zero attached hydrogens (tertiary/aromatic N) is 3. The summed E-state index contributed by atoms with van der Waals surface area (Å²) in [4.78, 5) is 6.93. The Bertz CT molecular complexity index is 422. The van der Waals surface area contributed by atoms with Gasteiger partial charge in [-0.1, -0.05) is 19.3 Å². The Hall–Kier alpha value is -0.870. The lowest BCUT2D eigenvalue weighted by molar-refractivity contribution is 0.184. The average molecular weight is 290 g/mol. The van der Waals surface area contributed by atoms with E-state index in [0.717, 1.165) is 25.0 Å². The van der Waals surface area contributed by atoms with Crippen LogP contribution >= 0.6 is 0 Å². The summed E-state index contributed by atoms with van der Waals surface area (Å²) in [7, 11) is 2.06. The second-order valence-electron chi connectivity index (χ2n) is 6.92. The second kappa shape index (κ2) is 7.41. The summed E-state index contributed by atoms with van der Waals surface area (Å²) in [5, 5.41) is 3.64. The van der Waals surface area contributed by atoms with E-state index in [9.17, 15) is 0 Å². The lowest BCUT2D eigenvalue weighted by Crippen LogP contribution is -2.40. The minimum absolute atomic E-state index is 0.750. The molecule has 0 radical (unpaired) electrons. The summed E-state index contributed by atoms with van der Waals surface area (Å²) in [6, 6.07) is 0.750. The summed E-state index contributed by atoms with van der Waals surface area (Å²) >= 11 is 0. The molecular weight excluding hydrogens is 260 g/mol. The van der Waals surface area contributed by atoms with E-state index in [-0.39, 0.29) is 0 Å². The quantitative estimate of drug-likeness (QED) is 0.874. The number of imidazole rings is 1. The molecule has 0 aromatic carbocycles. The largest absolute Gasteiger partial charge is 0.337 e. The zero-order valence-corrected chi connectivity index (χ0v) is 13.4. The standard InChI is InChI=1S/C17H30N4/c1-20-14-19-12-17(20)11-18-10-16-8-5-9-21(16)13-15-6-3-2-4-7-15/h12,14-16,18H,2-11,13H2,1H3/t16-/m0/s1. The van der Waals surface area contributed by atoms with Gasteiger partial charge >= 0.3 is 0 Å². The van der Waals surface area contributed by atoms with Gasteiger partial charge in [0.1, 0.15) is 0 Å². The van der Waals surface area contributed by atoms with E-state index in [0.29, 0.717) is 0 Å². The van der Waals surface area contributed by atoms with Gasteiger partial charge in [-0.05, 0) is 38.1 Å². The Balaban J connectivity index is 1.42. The van der Waals surface area contributed by atoms with Gasteiger partial charge in [0.2, 0.25) is 0 Å². The normalized spacial score (nSPS) is 24.7. The van der Waals surface area contributed by atoms with Gasteiger partial charge in [0.25, 0.3) is 0 Å². The molecule has 1 aliphatic carbocycles. The van der Waals surface area contributed by atoms with Crippen LogP contribution in [0.1, 0.15) is 50.6 Å². The highest BCUT2D eigenvalue weighted by Crippen LogP contribution is 2.27. The van der Waals surface area contributed by atoms with E-state index >= 15 is 0 Å². The lowest BCUT2D eigenvalue weighted by atomic mass is 9.89. The Morgan fingerprint density at radius 3 is 2.81 bits per heavy atom. The highest BCUT2D eigenvalue weighted by atomic mass is 15.2. The van der Waals surface area contributed by atoms with Crippen LogP contribution in [0.2, 0.25) is 0 Å². The average Bonchev–Trinajstić information content (AvgIpc) is 3.10. The molecule has 1 aromatic heterocycles. The molecule has 4 nitrogen and oxygen atoms in total. The third kappa shape index (κ3) is 4.07. The van der Waals surface area contributed by atoms with Crippen LogP contribution in [0.25, 0.3) is 0 Å². The summed E-state index contributed by atoms with van der Waals surface area (Å²) < 4.78 is 2.10. The molecule has 21 heavy (non-hydrogen) atoms. The zero-order valence-electron chi connectivity index (χ0n) is 13.4. The van der Waals surface area contributed by atoms with Gasteiger partial charge in [0.15, 0.2) is 0 Å². The van der Waals surface area contributed by atoms with E-state index in [4.69, 9.17) is 0 Å². The third-order valence-electron chi connectivity index (χ3n) is 5.32. The molecule has 3 rings (SSSR count). The van der Waals surface area contributed by atoms with Crippen LogP contribution in [0.4, 0.5) is 0 Å². The van der Waals surface area contributed by atoms with Crippen molar-refractivity contribution in [2.24, 2.45) is 13.0 Å². The van der Waals surface area contributed by atoms with E-state index < -0.39 is 0 Å². The molecule has 0 unspecified atom stereocenters. The molecule has 118 valence electrons. The molecule has 1 aromatic rings. The second-order valence-corrected chi connectivity index (χ2v) is 6.92. The van der Waals surface area contributed by atoms with Crippen LogP contribution in [0.5, 0.6) is 0 Å². The number of aryl methyl sites for hydroxylation is 1. The first kappa shape index (κ1) is 15.0. The topological polar surface area (TPSA) is 33.1 Å². The third-order valence-corrected chi connectivity index (χ3v) is 5.32. The molecule has 4 heteroatoms. The SMILES string of the molecule is Cn1cncc1CNC[C@@H]1CCCN1CC1CCCCC1. The van der Waals surface area contributed by atoms with Crippen LogP contribution in [-0.2, 0) is 13.6 Å². The highest BCUT2D eigenvalue weighted by Gasteiger charge is 2.27. The number of likely N-dealkylation sites (tertiary alicyclic amines) is 1. The van der Waals surface area contributed by atoms with Crippen molar-refractivity contribution in [3.05, 3.63) is 18.2 Å². The molecule has 2 heterocycles. The monoisotopic (exact) mass is 290 g/mol. The van der Waals surface area contributed by atoms with Crippen LogP contribution in [0.3, 0.4) is 0 Å². The number of hydrogen-bond acceptors (Lipinski definition) is 3. The summed E-state index contributed by atoms with van der Waals surface area (Å²) in [6.07, 6.45) is 13.9. The van der Waals surface area contributed by atoms with Crippen molar-refractivity contribution in [3.8, 4) is 0 Å². The smallest absolute Gasteiger partial charge is 0.0945 e. The van der Waals surface area contributed by atoms with Crippen LogP contribution < -0.4 is 5.32 Å². The lowest BCUT2D eigenvalue weighted by Gasteiger charge is -2.31. The Morgan fingerprint density at radius 2 is 2.05 bits per heavy atom. The van der Waals surface area contributed by atoms with Crippen molar-refractivity contribution in [3.63, 3.8) is 0 Å². The van der Waals surface area contributed by atoms with Crippen molar-refractivity contribution >= 4 is 0 Å². The molecule has 2 fully saturated rings. The van der Waals surface area contributed by atoms with E-state index in [1.807, 2.05) is 12.5 Å². The van der Waals surface area contributed by atoms with E-state index in [2.05, 4.69) is 26.8 Å². The summed E-state index contributed by atoms with van der Waals surface area (Å²) in [6.45, 7) is 4.72. The van der Waals surface area contributed by atoms with Gasteiger partial charge in [-0.15, -0.1) is 0 Å². The van der Waals surface area contributed by atoms with Gasteiger partial charge in [-0.2, -0.15) is 0 Å². The fraction of sp³-hybridized carbons (Fsp3) is 0.824. The fourth-order valence-electron chi connectivity index (χ4n) is 3.99. The zero-order chi connectivity index (χ0) is 14.5. The first-order chi connectivity index (χ1) is 10.3. The molecule has 0 bridgehead atoms. The van der Waals surface area contributed by atoms with Crippen molar-refractivity contribution in [2.75, 3.05) is 19.6 Å². The van der Waals surface area contributed by atoms with Gasteiger partial charge in [-0.25, -0.2) is 4.98 Å². The van der Waals surface area contributed by atoms with E-state index in [1.54, 1.807) is 0 Å². The molecule has 1 aliphatic heterocycles. The summed E-state index contributed by atoms with van der Waals surface area (Å²) in [5.41, 5.74) is 1.27. The van der Waals surface area contributed by atoms with Crippen molar-refractivity contribution in [2.45, 2.75) is 57.5 Å². The molecule has 0 amide bonds. The number of aromatic nitrogens is 2. The molecule has 1 saturated carbocycles. The molecule has 1 atom stereocenters. The molecule has 1 saturated heterocycles. The van der Waals surface area contributed by atoms with Crippen LogP contribution in [0, 0.1) is 5.92 Å². The Kier molecular flexibility index (Phi) is 5.31. The number of hydrogen-bond donors (Lipinski definition) is 1. The summed E-state index contributed by atoms with van der Waals surface area (Å²) in [5.74, 6) is 0.969. The predicted octanol–water partition coefficient (Wildman–Crippen LogP) is 2.55. The maximum atomic E-state index is 4.18. The Labute approximate surface area is 128 Å². The number of rotatable bonds is 6. The van der Waals surface area contributed by atoms with Crippen LogP contribution in [0.15, 0.2) is 12.5 Å². The maximum absolute atomic E-state index is 4.18. The number of nitrogens with one attached hydrogen (secondary N) is 1. The molecular formula is C17H30N4. The maximum Gasteiger partial charge on any atom is 0.0945 e. The van der Waals surface area contributed by atoms with Crippen molar-refractivity contribution in [1.82, 2.24) is 19.8 Å². The molecule has 0 spiro atoms. The minimum atomic E-state index is 0.750. The highest BCUT2D eigenvalue weighted by molar-refractivity contribution is 4.97.